The van der Waals surface area contributed by atoms with Crippen LogP contribution in [-0.2, 0) is 27.4 Å². The lowest BCUT2D eigenvalue weighted by Crippen LogP contribution is -2.33. The third kappa shape index (κ3) is 5.04. The SMILES string of the molecule is CN([C@@H]1CCCc2c(OCC(=O)O)cccc21)S(=O)(=O)c1cc(Br)cc(C(F)(F)F)c1. The van der Waals surface area contributed by atoms with Gasteiger partial charge in [0.05, 0.1) is 16.5 Å². The van der Waals surface area contributed by atoms with E-state index in [1.54, 1.807) is 18.2 Å². The van der Waals surface area contributed by atoms with Crippen LogP contribution >= 0.6 is 15.9 Å². The average molecular weight is 522 g/mol. The molecule has 0 unspecified atom stereocenters. The lowest BCUT2D eigenvalue weighted by atomic mass is 9.87. The number of hydrogen-bond donors (Lipinski definition) is 1. The molecule has 168 valence electrons. The van der Waals surface area contributed by atoms with Gasteiger partial charge in [-0.2, -0.15) is 17.5 Å². The van der Waals surface area contributed by atoms with Crippen LogP contribution in [0.5, 0.6) is 5.75 Å². The summed E-state index contributed by atoms with van der Waals surface area (Å²) in [4.78, 5) is 10.4. The monoisotopic (exact) mass is 521 g/mol. The van der Waals surface area contributed by atoms with Crippen LogP contribution in [0.3, 0.4) is 0 Å². The minimum absolute atomic E-state index is 0.00250. The number of nitrogens with zero attached hydrogens (tertiary/aromatic N) is 1. The maximum Gasteiger partial charge on any atom is 0.416 e. The van der Waals surface area contributed by atoms with Crippen molar-refractivity contribution >= 4 is 31.9 Å². The van der Waals surface area contributed by atoms with Gasteiger partial charge < -0.3 is 9.84 Å². The molecule has 1 aliphatic rings. The number of benzene rings is 2. The van der Waals surface area contributed by atoms with Crippen molar-refractivity contribution in [3.63, 3.8) is 0 Å². The van der Waals surface area contributed by atoms with E-state index >= 15 is 0 Å². The molecule has 3 rings (SSSR count). The molecule has 6 nitrogen and oxygen atoms in total. The van der Waals surface area contributed by atoms with Crippen LogP contribution in [0.4, 0.5) is 13.2 Å². The first-order chi connectivity index (χ1) is 14.4. The molecule has 0 fully saturated rings. The normalized spacial score (nSPS) is 16.8. The van der Waals surface area contributed by atoms with E-state index < -0.39 is 45.3 Å². The van der Waals surface area contributed by atoms with Gasteiger partial charge in [0.15, 0.2) is 6.61 Å². The average Bonchev–Trinajstić information content (AvgIpc) is 2.70. The van der Waals surface area contributed by atoms with Crippen LogP contribution in [0.2, 0.25) is 0 Å². The van der Waals surface area contributed by atoms with E-state index in [1.807, 2.05) is 0 Å². The summed E-state index contributed by atoms with van der Waals surface area (Å²) in [7, 11) is -2.93. The van der Waals surface area contributed by atoms with Gasteiger partial charge in [0.25, 0.3) is 0 Å². The fraction of sp³-hybridized carbons (Fsp3) is 0.350. The lowest BCUT2D eigenvalue weighted by molar-refractivity contribution is -0.139. The van der Waals surface area contributed by atoms with E-state index in [2.05, 4.69) is 15.9 Å². The molecule has 2 aromatic rings. The van der Waals surface area contributed by atoms with Gasteiger partial charge in [0.1, 0.15) is 5.75 Å². The lowest BCUT2D eigenvalue weighted by Gasteiger charge is -2.33. The van der Waals surface area contributed by atoms with Crippen molar-refractivity contribution in [2.45, 2.75) is 36.4 Å². The minimum atomic E-state index is -4.69. The molecule has 0 bridgehead atoms. The Bertz CT molecular complexity index is 1100. The number of sulfonamides is 1. The molecule has 31 heavy (non-hydrogen) atoms. The summed E-state index contributed by atoms with van der Waals surface area (Å²) in [6.07, 6.45) is -3.05. The quantitative estimate of drug-likeness (QED) is 0.599. The van der Waals surface area contributed by atoms with E-state index in [1.165, 1.54) is 7.05 Å². The predicted octanol–water partition coefficient (Wildman–Crippen LogP) is 4.63. The van der Waals surface area contributed by atoms with E-state index in [0.717, 1.165) is 16.4 Å². The summed E-state index contributed by atoms with van der Waals surface area (Å²) < 4.78 is 72.3. The molecule has 0 radical (unpaired) electrons. The third-order valence-corrected chi connectivity index (χ3v) is 7.40. The number of fused-ring (bicyclic) bond motifs is 1. The number of carboxylic acids is 1. The first kappa shape index (κ1) is 23.6. The van der Waals surface area contributed by atoms with Gasteiger partial charge in [-0.05, 0) is 54.7 Å². The van der Waals surface area contributed by atoms with Gasteiger partial charge in [-0.1, -0.05) is 28.1 Å². The van der Waals surface area contributed by atoms with Gasteiger partial charge in [0, 0.05) is 11.5 Å². The Kier molecular flexibility index (Phi) is 6.68. The Labute approximate surface area is 185 Å². The molecule has 1 atom stereocenters. The Balaban J connectivity index is 1.99. The largest absolute Gasteiger partial charge is 0.482 e. The smallest absolute Gasteiger partial charge is 0.416 e. The summed E-state index contributed by atoms with van der Waals surface area (Å²) in [6.45, 7) is -0.534. The van der Waals surface area contributed by atoms with Crippen LogP contribution < -0.4 is 4.74 Å². The highest BCUT2D eigenvalue weighted by Crippen LogP contribution is 2.41. The summed E-state index contributed by atoms with van der Waals surface area (Å²) in [6, 6.07) is 6.92. The highest BCUT2D eigenvalue weighted by Gasteiger charge is 2.36. The van der Waals surface area contributed by atoms with Crippen molar-refractivity contribution in [3.8, 4) is 5.75 Å². The van der Waals surface area contributed by atoms with Gasteiger partial charge in [-0.3, -0.25) is 0 Å². The standard InChI is InChI=1S/C20H19BrF3NO5S/c1-25(31(28,29)14-9-12(20(22,23)24)8-13(21)10-14)17-6-2-5-16-15(17)4-3-7-18(16)30-11-19(26)27/h3-4,7-10,17H,2,5-6,11H2,1H3,(H,26,27)/t17-/m1/s1. The molecule has 0 aliphatic heterocycles. The first-order valence-electron chi connectivity index (χ1n) is 9.23. The Morgan fingerprint density at radius 3 is 2.65 bits per heavy atom. The number of alkyl halides is 3. The van der Waals surface area contributed by atoms with E-state index in [-0.39, 0.29) is 4.47 Å². The van der Waals surface area contributed by atoms with Crippen LogP contribution in [-0.4, -0.2) is 37.5 Å². The summed E-state index contributed by atoms with van der Waals surface area (Å²) >= 11 is 2.96. The maximum atomic E-state index is 13.2. The molecule has 0 saturated carbocycles. The van der Waals surface area contributed by atoms with Crippen molar-refractivity contribution in [3.05, 3.63) is 57.6 Å². The van der Waals surface area contributed by atoms with E-state index in [4.69, 9.17) is 9.84 Å². The van der Waals surface area contributed by atoms with Gasteiger partial charge in [-0.25, -0.2) is 13.2 Å². The van der Waals surface area contributed by atoms with Crippen molar-refractivity contribution in [2.75, 3.05) is 13.7 Å². The van der Waals surface area contributed by atoms with Gasteiger partial charge >= 0.3 is 12.1 Å². The number of carboxylic acid groups (broad SMARTS) is 1. The number of carbonyl (C=O) groups is 1. The second-order valence-electron chi connectivity index (χ2n) is 7.11. The van der Waals surface area contributed by atoms with E-state index in [9.17, 15) is 26.4 Å². The van der Waals surface area contributed by atoms with Gasteiger partial charge in [0.2, 0.25) is 10.0 Å². The van der Waals surface area contributed by atoms with Crippen molar-refractivity contribution in [2.24, 2.45) is 0 Å². The second-order valence-corrected chi connectivity index (χ2v) is 10.0. The Morgan fingerprint density at radius 1 is 1.29 bits per heavy atom. The molecule has 2 aromatic carbocycles. The molecule has 0 spiro atoms. The number of aliphatic carboxylic acids is 1. The van der Waals surface area contributed by atoms with Crippen LogP contribution in [0.1, 0.15) is 35.6 Å². The number of halogens is 4. The van der Waals surface area contributed by atoms with Crippen molar-refractivity contribution in [1.82, 2.24) is 4.31 Å². The zero-order valence-corrected chi connectivity index (χ0v) is 18.7. The second kappa shape index (κ2) is 8.79. The molecular weight excluding hydrogens is 503 g/mol. The predicted molar refractivity (Wildman–Crippen MR) is 109 cm³/mol. The molecule has 0 aromatic heterocycles. The summed E-state index contributed by atoms with van der Waals surface area (Å²) in [5.41, 5.74) is 0.278. The number of rotatable bonds is 6. The van der Waals surface area contributed by atoms with Crippen molar-refractivity contribution in [1.29, 1.82) is 0 Å². The molecule has 1 N–H and O–H groups in total. The number of hydrogen-bond acceptors (Lipinski definition) is 4. The molecule has 0 amide bonds. The highest BCUT2D eigenvalue weighted by atomic mass is 79.9. The van der Waals surface area contributed by atoms with Crippen LogP contribution in [0.25, 0.3) is 0 Å². The zero-order valence-electron chi connectivity index (χ0n) is 16.3. The molecule has 11 heteroatoms. The summed E-state index contributed by atoms with van der Waals surface area (Å²) in [5, 5.41) is 8.86. The summed E-state index contributed by atoms with van der Waals surface area (Å²) in [5.74, 6) is -0.781. The fourth-order valence-corrected chi connectivity index (χ4v) is 5.73. The Hall–Kier alpha value is -2.11. The van der Waals surface area contributed by atoms with E-state index in [0.29, 0.717) is 42.2 Å². The Morgan fingerprint density at radius 2 is 2.00 bits per heavy atom. The minimum Gasteiger partial charge on any atom is -0.482 e. The molecule has 1 aliphatic carbocycles. The number of ether oxygens (including phenoxy) is 1. The van der Waals surface area contributed by atoms with Gasteiger partial charge in [-0.15, -0.1) is 0 Å². The van der Waals surface area contributed by atoms with Crippen LogP contribution in [0, 0.1) is 0 Å². The van der Waals surface area contributed by atoms with Crippen molar-refractivity contribution < 1.29 is 36.2 Å². The third-order valence-electron chi connectivity index (χ3n) is 5.10. The molecule has 0 heterocycles. The first-order valence-corrected chi connectivity index (χ1v) is 11.5. The highest BCUT2D eigenvalue weighted by molar-refractivity contribution is 9.10. The zero-order chi connectivity index (χ0) is 23.0. The topological polar surface area (TPSA) is 83.9 Å². The van der Waals surface area contributed by atoms with Crippen LogP contribution in [0.15, 0.2) is 45.8 Å². The fourth-order valence-electron chi connectivity index (χ4n) is 3.65. The molecular formula is C20H19BrF3NO5S. The molecule has 0 saturated heterocycles. The maximum absolute atomic E-state index is 13.2.